The van der Waals surface area contributed by atoms with Crippen molar-refractivity contribution in [1.29, 1.82) is 0 Å². The van der Waals surface area contributed by atoms with Crippen molar-refractivity contribution >= 4 is 27.7 Å². The maximum atomic E-state index is 11.8. The molecular weight excluding hydrogens is 328 g/mol. The Hall–Kier alpha value is -1.11. The molecule has 0 heterocycles. The highest BCUT2D eigenvalue weighted by Gasteiger charge is 2.18. The molecule has 0 saturated carbocycles. The van der Waals surface area contributed by atoms with Gasteiger partial charge in [0.1, 0.15) is 11.1 Å². The molecule has 1 rings (SSSR count). The number of halogens is 1. The second kappa shape index (κ2) is 9.12. The van der Waals surface area contributed by atoms with Crippen LogP contribution in [-0.4, -0.2) is 24.3 Å². The Morgan fingerprint density at radius 2 is 1.77 bits per heavy atom. The lowest BCUT2D eigenvalue weighted by atomic mass is 10.1. The molecule has 1 unspecified atom stereocenters. The molecule has 0 bridgehead atoms. The van der Waals surface area contributed by atoms with Crippen LogP contribution in [0.15, 0.2) is 29.2 Å². The van der Waals surface area contributed by atoms with Gasteiger partial charge < -0.3 is 4.74 Å². The number of hydrogen-bond donors (Lipinski definition) is 1. The van der Waals surface area contributed by atoms with Gasteiger partial charge in [-0.3, -0.25) is 9.35 Å². The molecule has 7 heteroatoms. The van der Waals surface area contributed by atoms with E-state index in [9.17, 15) is 13.2 Å². The summed E-state index contributed by atoms with van der Waals surface area (Å²) in [5.41, 5.74) is 0. The standard InChI is InChI=1S/C15H21ClO5S/c1-2-3-4-5-6-7-14(16)15(17)21-12-8-10-13(11-9-12)22(18,19)20/h8-11,14H,2-7H2,1H3,(H,18,19,20). The van der Waals surface area contributed by atoms with E-state index in [1.807, 2.05) is 0 Å². The molecular formula is C15H21ClO5S. The van der Waals surface area contributed by atoms with Crippen molar-refractivity contribution in [2.45, 2.75) is 55.7 Å². The van der Waals surface area contributed by atoms with E-state index < -0.39 is 21.5 Å². The van der Waals surface area contributed by atoms with Crippen molar-refractivity contribution in [2.75, 3.05) is 0 Å². The molecule has 1 N–H and O–H groups in total. The Morgan fingerprint density at radius 1 is 1.18 bits per heavy atom. The number of esters is 1. The molecule has 22 heavy (non-hydrogen) atoms. The van der Waals surface area contributed by atoms with Crippen LogP contribution < -0.4 is 4.74 Å². The summed E-state index contributed by atoms with van der Waals surface area (Å²) in [6, 6.07) is 4.91. The lowest BCUT2D eigenvalue weighted by Gasteiger charge is -2.09. The van der Waals surface area contributed by atoms with E-state index >= 15 is 0 Å². The lowest BCUT2D eigenvalue weighted by Crippen LogP contribution is -2.20. The van der Waals surface area contributed by atoms with Gasteiger partial charge in [-0.1, -0.05) is 39.0 Å². The SMILES string of the molecule is CCCCCCCC(Cl)C(=O)Oc1ccc(S(=O)(=O)O)cc1. The minimum atomic E-state index is -4.25. The number of alkyl halides is 1. The van der Waals surface area contributed by atoms with Crippen LogP contribution in [0.4, 0.5) is 0 Å². The Labute approximate surface area is 136 Å². The second-order valence-corrected chi connectivity index (χ2v) is 6.99. The Bertz CT molecular complexity index is 568. The number of carbonyl (C=O) groups excluding carboxylic acids is 1. The highest BCUT2D eigenvalue weighted by atomic mass is 35.5. The van der Waals surface area contributed by atoms with Crippen molar-refractivity contribution in [1.82, 2.24) is 0 Å². The predicted octanol–water partition coefficient (Wildman–Crippen LogP) is 3.81. The summed E-state index contributed by atoms with van der Waals surface area (Å²) in [6.45, 7) is 2.13. The molecule has 0 fully saturated rings. The van der Waals surface area contributed by atoms with Gasteiger partial charge in [0.05, 0.1) is 4.90 Å². The first-order valence-electron chi connectivity index (χ1n) is 7.28. The Morgan fingerprint density at radius 3 is 2.32 bits per heavy atom. The maximum absolute atomic E-state index is 11.8. The van der Waals surface area contributed by atoms with E-state index in [2.05, 4.69) is 6.92 Å². The summed E-state index contributed by atoms with van der Waals surface area (Å²) in [6.07, 6.45) is 5.92. The molecule has 1 aromatic carbocycles. The van der Waals surface area contributed by atoms with E-state index in [1.165, 1.54) is 18.6 Å². The fraction of sp³-hybridized carbons (Fsp3) is 0.533. The number of benzene rings is 1. The van der Waals surface area contributed by atoms with Gasteiger partial charge in [0, 0.05) is 0 Å². The summed E-state index contributed by atoms with van der Waals surface area (Å²) in [5.74, 6) is -0.370. The van der Waals surface area contributed by atoms with Gasteiger partial charge in [-0.15, -0.1) is 11.6 Å². The summed E-state index contributed by atoms with van der Waals surface area (Å²) >= 11 is 5.99. The topological polar surface area (TPSA) is 80.7 Å². The highest BCUT2D eigenvalue weighted by molar-refractivity contribution is 7.85. The zero-order chi connectivity index (χ0) is 16.6. The first-order chi connectivity index (χ1) is 10.3. The van der Waals surface area contributed by atoms with Crippen LogP contribution in [0.25, 0.3) is 0 Å². The van der Waals surface area contributed by atoms with E-state index in [0.29, 0.717) is 6.42 Å². The number of unbranched alkanes of at least 4 members (excludes halogenated alkanes) is 4. The smallest absolute Gasteiger partial charge is 0.329 e. The molecule has 0 aliphatic rings. The number of carbonyl (C=O) groups is 1. The van der Waals surface area contributed by atoms with Crippen molar-refractivity contribution in [3.8, 4) is 5.75 Å². The molecule has 5 nitrogen and oxygen atoms in total. The largest absolute Gasteiger partial charge is 0.425 e. The minimum absolute atomic E-state index is 0.189. The summed E-state index contributed by atoms with van der Waals surface area (Å²) < 4.78 is 35.7. The van der Waals surface area contributed by atoms with E-state index in [0.717, 1.165) is 37.8 Å². The quantitative estimate of drug-likeness (QED) is 0.241. The normalized spacial score (nSPS) is 12.9. The van der Waals surface area contributed by atoms with Crippen LogP contribution in [0.3, 0.4) is 0 Å². The van der Waals surface area contributed by atoms with Crippen LogP contribution in [0.1, 0.15) is 45.4 Å². The third-order valence-electron chi connectivity index (χ3n) is 3.16. The lowest BCUT2D eigenvalue weighted by molar-refractivity contribution is -0.134. The van der Waals surface area contributed by atoms with Crippen LogP contribution >= 0.6 is 11.6 Å². The fourth-order valence-electron chi connectivity index (χ4n) is 1.90. The molecule has 124 valence electrons. The molecule has 0 radical (unpaired) electrons. The van der Waals surface area contributed by atoms with Crippen molar-refractivity contribution in [3.63, 3.8) is 0 Å². The van der Waals surface area contributed by atoms with Gasteiger partial charge in [-0.25, -0.2) is 0 Å². The van der Waals surface area contributed by atoms with Crippen molar-refractivity contribution in [3.05, 3.63) is 24.3 Å². The van der Waals surface area contributed by atoms with Crippen LogP contribution in [0.5, 0.6) is 5.75 Å². The number of hydrogen-bond acceptors (Lipinski definition) is 4. The third kappa shape index (κ3) is 6.77. The third-order valence-corrected chi connectivity index (χ3v) is 4.42. The fourth-order valence-corrected chi connectivity index (χ4v) is 2.58. The molecule has 0 amide bonds. The van der Waals surface area contributed by atoms with Crippen LogP contribution in [0.2, 0.25) is 0 Å². The van der Waals surface area contributed by atoms with Gasteiger partial charge in [-0.05, 0) is 30.7 Å². The van der Waals surface area contributed by atoms with E-state index in [1.54, 1.807) is 0 Å². The zero-order valence-corrected chi connectivity index (χ0v) is 14.1. The number of rotatable bonds is 9. The summed E-state index contributed by atoms with van der Waals surface area (Å²) in [7, 11) is -4.25. The molecule has 0 saturated heterocycles. The average molecular weight is 349 g/mol. The van der Waals surface area contributed by atoms with Crippen LogP contribution in [0, 0.1) is 0 Å². The molecule has 1 aromatic rings. The molecule has 1 atom stereocenters. The number of ether oxygens (including phenoxy) is 1. The Kier molecular flexibility index (Phi) is 7.85. The predicted molar refractivity (Wildman–Crippen MR) is 84.9 cm³/mol. The van der Waals surface area contributed by atoms with Gasteiger partial charge in [-0.2, -0.15) is 8.42 Å². The first-order valence-corrected chi connectivity index (χ1v) is 9.15. The summed E-state index contributed by atoms with van der Waals surface area (Å²) in [5, 5.41) is -0.720. The van der Waals surface area contributed by atoms with Crippen molar-refractivity contribution < 1.29 is 22.5 Å². The minimum Gasteiger partial charge on any atom is -0.425 e. The van der Waals surface area contributed by atoms with Crippen molar-refractivity contribution in [2.24, 2.45) is 0 Å². The molecule has 0 aromatic heterocycles. The molecule has 0 aliphatic carbocycles. The first kappa shape index (κ1) is 18.9. The van der Waals surface area contributed by atoms with Gasteiger partial charge in [0.2, 0.25) is 0 Å². The summed E-state index contributed by atoms with van der Waals surface area (Å²) in [4.78, 5) is 11.5. The zero-order valence-electron chi connectivity index (χ0n) is 12.5. The van der Waals surface area contributed by atoms with Gasteiger partial charge in [0.15, 0.2) is 0 Å². The van der Waals surface area contributed by atoms with Crippen LogP contribution in [-0.2, 0) is 14.9 Å². The Balaban J connectivity index is 2.44. The average Bonchev–Trinajstić information content (AvgIpc) is 2.46. The molecule has 0 spiro atoms. The monoisotopic (exact) mass is 348 g/mol. The second-order valence-electron chi connectivity index (χ2n) is 5.04. The maximum Gasteiger partial charge on any atom is 0.329 e. The van der Waals surface area contributed by atoms with Gasteiger partial charge >= 0.3 is 5.97 Å². The highest BCUT2D eigenvalue weighted by Crippen LogP contribution is 2.18. The van der Waals surface area contributed by atoms with E-state index in [4.69, 9.17) is 20.9 Å². The molecule has 0 aliphatic heterocycles. The van der Waals surface area contributed by atoms with Gasteiger partial charge in [0.25, 0.3) is 10.1 Å². The van der Waals surface area contributed by atoms with E-state index in [-0.39, 0.29) is 10.6 Å².